The van der Waals surface area contributed by atoms with Gasteiger partial charge in [-0.25, -0.2) is 0 Å². The number of piperidine rings is 1. The molecule has 0 aliphatic carbocycles. The maximum absolute atomic E-state index is 4.96. The van der Waals surface area contributed by atoms with Gasteiger partial charge in [0, 0.05) is 0 Å². The summed E-state index contributed by atoms with van der Waals surface area (Å²) >= 11 is 2.98. The van der Waals surface area contributed by atoms with Gasteiger partial charge in [-0.3, -0.25) is 0 Å². The predicted octanol–water partition coefficient (Wildman–Crippen LogP) is 1.06. The van der Waals surface area contributed by atoms with Crippen LogP contribution in [-0.4, -0.2) is 19.2 Å². The van der Waals surface area contributed by atoms with Crippen LogP contribution in [-0.2, 0) is 3.83 Å². The number of rotatable bonds is 1. The molecule has 8 heavy (non-hydrogen) atoms. The average Bonchev–Trinajstić information content (AvgIpc) is 1.90. The molecule has 48 valence electrons. The summed E-state index contributed by atoms with van der Waals surface area (Å²) < 4.78 is 4.96. The molecule has 1 N–H and O–H groups in total. The van der Waals surface area contributed by atoms with Gasteiger partial charge >= 0.3 is 0 Å². The van der Waals surface area contributed by atoms with E-state index in [-0.39, 0.29) is 0 Å². The second-order valence-corrected chi connectivity index (χ2v) is 2.41. The third kappa shape index (κ3) is 1.73. The number of halogens is 1. The van der Waals surface area contributed by atoms with Crippen molar-refractivity contribution in [1.82, 2.24) is 5.32 Å². The summed E-state index contributed by atoms with van der Waals surface area (Å²) in [6.07, 6.45) is 2.70. The maximum Gasteiger partial charge on any atom is 0.0990 e. The van der Waals surface area contributed by atoms with Crippen LogP contribution in [0.1, 0.15) is 12.8 Å². The van der Waals surface area contributed by atoms with Crippen LogP contribution in [0.5, 0.6) is 0 Å². The van der Waals surface area contributed by atoms with Crippen molar-refractivity contribution in [1.29, 1.82) is 0 Å². The molecular formula is C5H10BrNO. The average molecular weight is 180 g/mol. The fourth-order valence-corrected chi connectivity index (χ4v) is 1.26. The monoisotopic (exact) mass is 179 g/mol. The molecule has 0 atom stereocenters. The molecule has 3 heteroatoms. The van der Waals surface area contributed by atoms with Crippen LogP contribution >= 0.6 is 16.3 Å². The van der Waals surface area contributed by atoms with Gasteiger partial charge in [0.25, 0.3) is 0 Å². The topological polar surface area (TPSA) is 21.3 Å². The Balaban J connectivity index is 2.13. The van der Waals surface area contributed by atoms with Crippen molar-refractivity contribution in [3.63, 3.8) is 0 Å². The summed E-state index contributed by atoms with van der Waals surface area (Å²) in [5, 5.41) is 3.25. The first-order valence-electron chi connectivity index (χ1n) is 2.91. The lowest BCUT2D eigenvalue weighted by molar-refractivity contribution is 0.207. The summed E-state index contributed by atoms with van der Waals surface area (Å²) in [6.45, 7) is 2.19. The summed E-state index contributed by atoms with van der Waals surface area (Å²) in [7, 11) is 0. The molecule has 2 nitrogen and oxygen atoms in total. The van der Waals surface area contributed by atoms with Gasteiger partial charge in [0.1, 0.15) is 0 Å². The highest BCUT2D eigenvalue weighted by atomic mass is 79.9. The van der Waals surface area contributed by atoms with E-state index >= 15 is 0 Å². The Morgan fingerprint density at radius 3 is 2.38 bits per heavy atom. The summed E-state index contributed by atoms with van der Waals surface area (Å²) in [5.74, 6) is 0. The minimum Gasteiger partial charge on any atom is -0.317 e. The molecule has 0 amide bonds. The van der Waals surface area contributed by atoms with Crippen LogP contribution in [0.15, 0.2) is 0 Å². The molecule has 0 aromatic rings. The van der Waals surface area contributed by atoms with E-state index in [9.17, 15) is 0 Å². The van der Waals surface area contributed by atoms with Crippen molar-refractivity contribution in [3.05, 3.63) is 0 Å². The van der Waals surface area contributed by atoms with Crippen molar-refractivity contribution in [2.45, 2.75) is 18.9 Å². The van der Waals surface area contributed by atoms with Gasteiger partial charge in [0.2, 0.25) is 0 Å². The van der Waals surface area contributed by atoms with Gasteiger partial charge in [0.15, 0.2) is 0 Å². The van der Waals surface area contributed by atoms with Crippen LogP contribution in [0.3, 0.4) is 0 Å². The lowest BCUT2D eigenvalue weighted by atomic mass is 10.1. The summed E-state index contributed by atoms with van der Waals surface area (Å²) in [6, 6.07) is 0. The molecule has 1 heterocycles. The third-order valence-electron chi connectivity index (χ3n) is 1.41. The maximum atomic E-state index is 4.96. The van der Waals surface area contributed by atoms with E-state index in [1.807, 2.05) is 0 Å². The smallest absolute Gasteiger partial charge is 0.0990 e. The van der Waals surface area contributed by atoms with Crippen molar-refractivity contribution in [2.24, 2.45) is 0 Å². The number of hydrogen-bond donors (Lipinski definition) is 1. The highest BCUT2D eigenvalue weighted by molar-refractivity contribution is 9.06. The molecule has 0 radical (unpaired) electrons. The molecule has 1 aliphatic heterocycles. The van der Waals surface area contributed by atoms with Gasteiger partial charge in [-0.2, -0.15) is 0 Å². The van der Waals surface area contributed by atoms with E-state index in [0.29, 0.717) is 6.10 Å². The molecule has 1 saturated heterocycles. The van der Waals surface area contributed by atoms with E-state index in [1.165, 1.54) is 0 Å². The molecule has 1 rings (SSSR count). The molecule has 0 bridgehead atoms. The third-order valence-corrected chi connectivity index (χ3v) is 1.94. The summed E-state index contributed by atoms with van der Waals surface area (Å²) in [4.78, 5) is 0. The first-order valence-corrected chi connectivity index (χ1v) is 3.56. The second kappa shape index (κ2) is 3.43. The van der Waals surface area contributed by atoms with E-state index in [0.717, 1.165) is 25.9 Å². The molecular weight excluding hydrogens is 170 g/mol. The van der Waals surface area contributed by atoms with Crippen LogP contribution in [0.2, 0.25) is 0 Å². The standard InChI is InChI=1S/C5H10BrNO/c6-8-5-1-3-7-4-2-5/h5,7H,1-4H2. The number of nitrogens with one attached hydrogen (secondary N) is 1. The SMILES string of the molecule is BrOC1CCNCC1. The second-order valence-electron chi connectivity index (χ2n) is 2.04. The Labute approximate surface area is 58.0 Å². The van der Waals surface area contributed by atoms with Gasteiger partial charge < -0.3 is 9.15 Å². The predicted molar refractivity (Wildman–Crippen MR) is 35.9 cm³/mol. The van der Waals surface area contributed by atoms with Crippen molar-refractivity contribution in [3.8, 4) is 0 Å². The van der Waals surface area contributed by atoms with E-state index in [2.05, 4.69) is 21.6 Å². The minimum atomic E-state index is 0.441. The van der Waals surface area contributed by atoms with Crippen LogP contribution in [0.4, 0.5) is 0 Å². The first kappa shape index (κ1) is 6.52. The molecule has 0 unspecified atom stereocenters. The Morgan fingerprint density at radius 2 is 2.00 bits per heavy atom. The normalized spacial score (nSPS) is 23.6. The molecule has 1 fully saturated rings. The Kier molecular flexibility index (Phi) is 2.80. The Morgan fingerprint density at radius 1 is 1.38 bits per heavy atom. The number of hydrogen-bond acceptors (Lipinski definition) is 2. The molecule has 0 spiro atoms. The fourth-order valence-electron chi connectivity index (χ4n) is 0.885. The Hall–Kier alpha value is 0.400. The zero-order chi connectivity index (χ0) is 5.82. The lowest BCUT2D eigenvalue weighted by Crippen LogP contribution is -2.30. The quantitative estimate of drug-likeness (QED) is 0.651. The van der Waals surface area contributed by atoms with Gasteiger partial charge in [-0.05, 0) is 25.9 Å². The summed E-state index contributed by atoms with van der Waals surface area (Å²) in [5.41, 5.74) is 0. The molecule has 0 aromatic heterocycles. The van der Waals surface area contributed by atoms with Gasteiger partial charge in [0.05, 0.1) is 22.4 Å². The van der Waals surface area contributed by atoms with Gasteiger partial charge in [-0.15, -0.1) is 0 Å². The zero-order valence-electron chi connectivity index (χ0n) is 4.69. The highest BCUT2D eigenvalue weighted by Crippen LogP contribution is 2.09. The van der Waals surface area contributed by atoms with E-state index in [1.54, 1.807) is 0 Å². The largest absolute Gasteiger partial charge is 0.317 e. The highest BCUT2D eigenvalue weighted by Gasteiger charge is 2.11. The van der Waals surface area contributed by atoms with Crippen molar-refractivity contribution < 1.29 is 3.83 Å². The molecule has 0 saturated carbocycles. The lowest BCUT2D eigenvalue weighted by Gasteiger charge is -2.18. The Bertz CT molecular complexity index is 63.4. The van der Waals surface area contributed by atoms with Crippen LogP contribution in [0, 0.1) is 0 Å². The van der Waals surface area contributed by atoms with Crippen molar-refractivity contribution in [2.75, 3.05) is 13.1 Å². The van der Waals surface area contributed by atoms with E-state index < -0.39 is 0 Å². The minimum absolute atomic E-state index is 0.441. The zero-order valence-corrected chi connectivity index (χ0v) is 6.28. The fraction of sp³-hybridized carbons (Fsp3) is 1.00. The molecule has 0 aromatic carbocycles. The first-order chi connectivity index (χ1) is 3.93. The van der Waals surface area contributed by atoms with E-state index in [4.69, 9.17) is 3.83 Å². The van der Waals surface area contributed by atoms with Crippen LogP contribution in [0.25, 0.3) is 0 Å². The van der Waals surface area contributed by atoms with Gasteiger partial charge in [-0.1, -0.05) is 0 Å². The molecule has 1 aliphatic rings. The van der Waals surface area contributed by atoms with Crippen molar-refractivity contribution >= 4 is 16.3 Å². The van der Waals surface area contributed by atoms with Crippen LogP contribution < -0.4 is 5.32 Å².